The number of hydrogen-bond acceptors (Lipinski definition) is 4. The summed E-state index contributed by atoms with van der Waals surface area (Å²) in [6, 6.07) is 13.7. The van der Waals surface area contributed by atoms with Crippen molar-refractivity contribution >= 4 is 39.1 Å². The van der Waals surface area contributed by atoms with Crippen LogP contribution in [0.4, 0.5) is 5.69 Å². The molecule has 140 valence electrons. The lowest BCUT2D eigenvalue weighted by molar-refractivity contribution is -0.133. The summed E-state index contributed by atoms with van der Waals surface area (Å²) in [5.74, 6) is -0.259. The molecule has 0 aliphatic heterocycles. The largest absolute Gasteiger partial charge is 0.336 e. The smallest absolute Gasteiger partial charge is 0.243 e. The van der Waals surface area contributed by atoms with Gasteiger partial charge in [0.2, 0.25) is 11.8 Å². The SMILES string of the molecule is Cc1cccc(NC(=O)CN(C)C(=O)CCc2nc3ccccc3s2)c1C. The fraction of sp³-hybridized carbons (Fsp3) is 0.286. The van der Waals surface area contributed by atoms with Crippen molar-refractivity contribution in [2.75, 3.05) is 18.9 Å². The molecule has 1 aromatic heterocycles. The summed E-state index contributed by atoms with van der Waals surface area (Å²) >= 11 is 1.61. The monoisotopic (exact) mass is 381 g/mol. The average Bonchev–Trinajstić information content (AvgIpc) is 3.06. The Kier molecular flexibility index (Phi) is 5.86. The van der Waals surface area contributed by atoms with Gasteiger partial charge in [-0.05, 0) is 43.2 Å². The van der Waals surface area contributed by atoms with Gasteiger partial charge in [0.1, 0.15) is 0 Å². The van der Waals surface area contributed by atoms with Crippen LogP contribution < -0.4 is 5.32 Å². The maximum absolute atomic E-state index is 12.4. The molecule has 3 aromatic rings. The zero-order chi connectivity index (χ0) is 19.4. The number of aryl methyl sites for hydroxylation is 2. The van der Waals surface area contributed by atoms with E-state index in [4.69, 9.17) is 0 Å². The number of fused-ring (bicyclic) bond motifs is 1. The van der Waals surface area contributed by atoms with E-state index >= 15 is 0 Å². The molecule has 0 radical (unpaired) electrons. The van der Waals surface area contributed by atoms with Crippen LogP contribution in [0.15, 0.2) is 42.5 Å². The maximum Gasteiger partial charge on any atom is 0.243 e. The molecule has 0 atom stereocenters. The number of nitrogens with one attached hydrogen (secondary N) is 1. The highest BCUT2D eigenvalue weighted by Crippen LogP contribution is 2.22. The van der Waals surface area contributed by atoms with Crippen molar-refractivity contribution in [1.82, 2.24) is 9.88 Å². The van der Waals surface area contributed by atoms with Crippen molar-refractivity contribution in [3.63, 3.8) is 0 Å². The summed E-state index contributed by atoms with van der Waals surface area (Å²) in [7, 11) is 1.66. The van der Waals surface area contributed by atoms with E-state index in [0.717, 1.165) is 32.0 Å². The first-order valence-corrected chi connectivity index (χ1v) is 9.70. The predicted molar refractivity (Wildman–Crippen MR) is 110 cm³/mol. The van der Waals surface area contributed by atoms with E-state index in [9.17, 15) is 9.59 Å². The molecule has 1 N–H and O–H groups in total. The third kappa shape index (κ3) is 4.71. The molecule has 1 heterocycles. The predicted octanol–water partition coefficient (Wildman–Crippen LogP) is 3.94. The molecule has 3 rings (SSSR count). The van der Waals surface area contributed by atoms with Crippen LogP contribution in [0, 0.1) is 13.8 Å². The minimum Gasteiger partial charge on any atom is -0.336 e. The number of rotatable bonds is 6. The van der Waals surface area contributed by atoms with E-state index in [1.165, 1.54) is 4.90 Å². The minimum absolute atomic E-state index is 0.0338. The van der Waals surface area contributed by atoms with Crippen LogP contribution >= 0.6 is 11.3 Å². The van der Waals surface area contributed by atoms with Gasteiger partial charge in [-0.2, -0.15) is 0 Å². The van der Waals surface area contributed by atoms with Crippen LogP contribution in [0.25, 0.3) is 10.2 Å². The highest BCUT2D eigenvalue weighted by atomic mass is 32.1. The second-order valence-electron chi connectivity index (χ2n) is 6.62. The number of thiazole rings is 1. The second kappa shape index (κ2) is 8.31. The fourth-order valence-electron chi connectivity index (χ4n) is 2.81. The maximum atomic E-state index is 12.4. The number of amides is 2. The van der Waals surface area contributed by atoms with Crippen molar-refractivity contribution in [2.45, 2.75) is 26.7 Å². The summed E-state index contributed by atoms with van der Waals surface area (Å²) in [4.78, 5) is 30.6. The lowest BCUT2D eigenvalue weighted by Gasteiger charge is -2.17. The van der Waals surface area contributed by atoms with Gasteiger partial charge in [0.15, 0.2) is 0 Å². The van der Waals surface area contributed by atoms with E-state index in [1.54, 1.807) is 18.4 Å². The number of aromatic nitrogens is 1. The van der Waals surface area contributed by atoms with E-state index in [1.807, 2.05) is 56.3 Å². The number of para-hydroxylation sites is 1. The number of likely N-dealkylation sites (N-methyl/N-ethyl adjacent to an activating group) is 1. The molecule has 0 aliphatic rings. The summed E-state index contributed by atoms with van der Waals surface area (Å²) in [5, 5.41) is 3.83. The topological polar surface area (TPSA) is 62.3 Å². The molecule has 0 spiro atoms. The number of benzene rings is 2. The fourth-order valence-corrected chi connectivity index (χ4v) is 3.78. The summed E-state index contributed by atoms with van der Waals surface area (Å²) < 4.78 is 1.13. The zero-order valence-electron chi connectivity index (χ0n) is 15.8. The van der Waals surface area contributed by atoms with Gasteiger partial charge >= 0.3 is 0 Å². The molecule has 0 aliphatic carbocycles. The second-order valence-corrected chi connectivity index (χ2v) is 7.74. The first-order chi connectivity index (χ1) is 12.9. The van der Waals surface area contributed by atoms with E-state index < -0.39 is 0 Å². The molecule has 6 heteroatoms. The van der Waals surface area contributed by atoms with Crippen LogP contribution in [-0.4, -0.2) is 35.3 Å². The quantitative estimate of drug-likeness (QED) is 0.703. The Hall–Kier alpha value is -2.73. The average molecular weight is 382 g/mol. The number of hydrogen-bond donors (Lipinski definition) is 1. The Bertz CT molecular complexity index is 947. The Morgan fingerprint density at radius 1 is 1.11 bits per heavy atom. The third-order valence-electron chi connectivity index (χ3n) is 4.58. The van der Waals surface area contributed by atoms with Crippen LogP contribution in [0.1, 0.15) is 22.6 Å². The number of nitrogens with zero attached hydrogens (tertiary/aromatic N) is 2. The normalized spacial score (nSPS) is 10.8. The molecule has 27 heavy (non-hydrogen) atoms. The molecule has 2 aromatic carbocycles. The van der Waals surface area contributed by atoms with Crippen LogP contribution in [0.3, 0.4) is 0 Å². The van der Waals surface area contributed by atoms with Crippen molar-refractivity contribution in [1.29, 1.82) is 0 Å². The van der Waals surface area contributed by atoms with Crippen LogP contribution in [0.2, 0.25) is 0 Å². The minimum atomic E-state index is -0.195. The standard InChI is InChI=1S/C21H23N3O2S/c1-14-7-6-9-16(15(14)2)22-19(25)13-24(3)21(26)12-11-20-23-17-8-4-5-10-18(17)27-20/h4-10H,11-13H2,1-3H3,(H,22,25). The van der Waals surface area contributed by atoms with Crippen LogP contribution in [-0.2, 0) is 16.0 Å². The zero-order valence-corrected chi connectivity index (χ0v) is 16.6. The van der Waals surface area contributed by atoms with Gasteiger partial charge < -0.3 is 10.2 Å². The van der Waals surface area contributed by atoms with Crippen molar-refractivity contribution in [3.8, 4) is 0 Å². The molecule has 0 bridgehead atoms. The molecule has 0 saturated heterocycles. The van der Waals surface area contributed by atoms with Gasteiger partial charge in [0.25, 0.3) is 0 Å². The summed E-state index contributed by atoms with van der Waals surface area (Å²) in [6.45, 7) is 4.01. The molecule has 0 saturated carbocycles. The Balaban J connectivity index is 1.52. The number of carbonyl (C=O) groups is 2. The van der Waals surface area contributed by atoms with Crippen molar-refractivity contribution in [2.24, 2.45) is 0 Å². The van der Waals surface area contributed by atoms with Gasteiger partial charge in [-0.1, -0.05) is 24.3 Å². The number of anilines is 1. The van der Waals surface area contributed by atoms with E-state index in [2.05, 4.69) is 10.3 Å². The number of carbonyl (C=O) groups excluding carboxylic acids is 2. The molecule has 0 fully saturated rings. The van der Waals surface area contributed by atoms with Gasteiger partial charge in [-0.25, -0.2) is 4.98 Å². The Morgan fingerprint density at radius 3 is 2.67 bits per heavy atom. The Labute approximate surface area is 163 Å². The lowest BCUT2D eigenvalue weighted by Crippen LogP contribution is -2.35. The lowest BCUT2D eigenvalue weighted by atomic mass is 10.1. The molecule has 0 unspecified atom stereocenters. The van der Waals surface area contributed by atoms with Gasteiger partial charge in [-0.15, -0.1) is 11.3 Å². The van der Waals surface area contributed by atoms with Crippen molar-refractivity contribution in [3.05, 3.63) is 58.6 Å². The summed E-state index contributed by atoms with van der Waals surface area (Å²) in [6.07, 6.45) is 0.925. The van der Waals surface area contributed by atoms with E-state index in [0.29, 0.717) is 12.8 Å². The molecular weight excluding hydrogens is 358 g/mol. The van der Waals surface area contributed by atoms with Crippen LogP contribution in [0.5, 0.6) is 0 Å². The van der Waals surface area contributed by atoms with Gasteiger partial charge in [-0.3, -0.25) is 9.59 Å². The van der Waals surface area contributed by atoms with Gasteiger partial charge in [0, 0.05) is 25.6 Å². The molecular formula is C21H23N3O2S. The first-order valence-electron chi connectivity index (χ1n) is 8.88. The van der Waals surface area contributed by atoms with E-state index in [-0.39, 0.29) is 18.4 Å². The van der Waals surface area contributed by atoms with Gasteiger partial charge in [0.05, 0.1) is 21.8 Å². The highest BCUT2D eigenvalue weighted by molar-refractivity contribution is 7.18. The van der Waals surface area contributed by atoms with Crippen molar-refractivity contribution < 1.29 is 9.59 Å². The molecule has 5 nitrogen and oxygen atoms in total. The Morgan fingerprint density at radius 2 is 1.89 bits per heavy atom. The summed E-state index contributed by atoms with van der Waals surface area (Å²) in [5.41, 5.74) is 3.91. The third-order valence-corrected chi connectivity index (χ3v) is 5.67. The molecule has 2 amide bonds. The first kappa shape index (κ1) is 19.0. The highest BCUT2D eigenvalue weighted by Gasteiger charge is 2.15.